The average Bonchev–Trinajstić information content (AvgIpc) is 2.90. The van der Waals surface area contributed by atoms with Gasteiger partial charge in [-0.2, -0.15) is 0 Å². The Balaban J connectivity index is 1.77. The molecule has 114 valence electrons. The molecule has 0 fully saturated rings. The highest BCUT2D eigenvalue weighted by molar-refractivity contribution is 5.61. The summed E-state index contributed by atoms with van der Waals surface area (Å²) in [4.78, 5) is 12.8. The zero-order valence-corrected chi connectivity index (χ0v) is 13.0. The number of anilines is 1. The third kappa shape index (κ3) is 2.82. The highest BCUT2D eigenvalue weighted by Crippen LogP contribution is 2.32. The molecule has 22 heavy (non-hydrogen) atoms. The van der Waals surface area contributed by atoms with Crippen LogP contribution in [0.25, 0.3) is 0 Å². The van der Waals surface area contributed by atoms with Crippen LogP contribution >= 0.6 is 0 Å². The lowest BCUT2D eigenvalue weighted by molar-refractivity contribution is -0.384. The first-order valence-electron chi connectivity index (χ1n) is 7.65. The molecule has 0 radical (unpaired) electrons. The van der Waals surface area contributed by atoms with Gasteiger partial charge in [-0.25, -0.2) is 0 Å². The fourth-order valence-electron chi connectivity index (χ4n) is 2.96. The number of nitro groups is 1. The van der Waals surface area contributed by atoms with Crippen molar-refractivity contribution in [3.05, 3.63) is 69.3 Å². The minimum atomic E-state index is -0.326. The maximum atomic E-state index is 10.9. The van der Waals surface area contributed by atoms with Crippen molar-refractivity contribution in [2.75, 3.05) is 11.4 Å². The minimum absolute atomic E-state index is 0.182. The second-order valence-corrected chi connectivity index (χ2v) is 6.14. The van der Waals surface area contributed by atoms with Gasteiger partial charge in [0.15, 0.2) is 0 Å². The summed E-state index contributed by atoms with van der Waals surface area (Å²) >= 11 is 0. The fourth-order valence-corrected chi connectivity index (χ4v) is 2.96. The van der Waals surface area contributed by atoms with Crippen molar-refractivity contribution in [2.24, 2.45) is 0 Å². The summed E-state index contributed by atoms with van der Waals surface area (Å²) in [5, 5.41) is 10.9. The molecule has 0 spiro atoms. The lowest BCUT2D eigenvalue weighted by atomic mass is 10.0. The van der Waals surface area contributed by atoms with E-state index in [2.05, 4.69) is 43.0 Å². The van der Waals surface area contributed by atoms with Crippen LogP contribution in [-0.2, 0) is 13.0 Å². The molecular formula is C18H20N2O2. The highest BCUT2D eigenvalue weighted by atomic mass is 16.6. The molecule has 0 N–H and O–H groups in total. The summed E-state index contributed by atoms with van der Waals surface area (Å²) in [6.07, 6.45) is 0.876. The van der Waals surface area contributed by atoms with Crippen LogP contribution in [0, 0.1) is 10.1 Å². The van der Waals surface area contributed by atoms with Crippen LogP contribution in [0.15, 0.2) is 42.5 Å². The van der Waals surface area contributed by atoms with Gasteiger partial charge < -0.3 is 4.90 Å². The van der Waals surface area contributed by atoms with E-state index >= 15 is 0 Å². The van der Waals surface area contributed by atoms with Crippen LogP contribution in [0.5, 0.6) is 0 Å². The zero-order valence-electron chi connectivity index (χ0n) is 13.0. The Morgan fingerprint density at radius 2 is 1.91 bits per heavy atom. The Bertz CT molecular complexity index is 693. The summed E-state index contributed by atoms with van der Waals surface area (Å²) < 4.78 is 0. The largest absolute Gasteiger partial charge is 0.367 e. The van der Waals surface area contributed by atoms with Gasteiger partial charge in [-0.3, -0.25) is 10.1 Å². The van der Waals surface area contributed by atoms with E-state index in [1.165, 1.54) is 11.1 Å². The zero-order chi connectivity index (χ0) is 15.7. The van der Waals surface area contributed by atoms with Crippen LogP contribution in [-0.4, -0.2) is 11.5 Å². The lowest BCUT2D eigenvalue weighted by Gasteiger charge is -2.19. The first-order chi connectivity index (χ1) is 10.5. The lowest BCUT2D eigenvalue weighted by Crippen LogP contribution is -2.19. The predicted octanol–water partition coefficient (Wildman–Crippen LogP) is 4.28. The number of hydrogen-bond acceptors (Lipinski definition) is 3. The summed E-state index contributed by atoms with van der Waals surface area (Å²) in [7, 11) is 0. The maximum Gasteiger partial charge on any atom is 0.269 e. The smallest absolute Gasteiger partial charge is 0.269 e. The molecule has 0 aliphatic carbocycles. The van der Waals surface area contributed by atoms with Crippen LogP contribution in [0.4, 0.5) is 11.4 Å². The van der Waals surface area contributed by atoms with E-state index < -0.39 is 0 Å². The van der Waals surface area contributed by atoms with Crippen molar-refractivity contribution in [2.45, 2.75) is 32.7 Å². The number of rotatable bonds is 4. The molecule has 0 amide bonds. The maximum absolute atomic E-state index is 10.9. The molecule has 2 aromatic rings. The van der Waals surface area contributed by atoms with Gasteiger partial charge in [-0.15, -0.1) is 0 Å². The number of fused-ring (bicyclic) bond motifs is 1. The molecule has 1 aliphatic heterocycles. The van der Waals surface area contributed by atoms with E-state index in [4.69, 9.17) is 0 Å². The summed E-state index contributed by atoms with van der Waals surface area (Å²) in [5.41, 5.74) is 5.00. The highest BCUT2D eigenvalue weighted by Gasteiger charge is 2.21. The second-order valence-electron chi connectivity index (χ2n) is 6.14. The number of hydrogen-bond donors (Lipinski definition) is 0. The molecule has 0 unspecified atom stereocenters. The number of nitro benzene ring substituents is 1. The van der Waals surface area contributed by atoms with E-state index in [0.717, 1.165) is 30.8 Å². The van der Waals surface area contributed by atoms with Crippen LogP contribution in [0.1, 0.15) is 36.5 Å². The summed E-state index contributed by atoms with van der Waals surface area (Å²) in [6.45, 7) is 6.16. The molecule has 0 saturated heterocycles. The van der Waals surface area contributed by atoms with Gasteiger partial charge in [0.25, 0.3) is 5.69 Å². The molecule has 4 heteroatoms. The van der Waals surface area contributed by atoms with Crippen molar-refractivity contribution < 1.29 is 4.92 Å². The Morgan fingerprint density at radius 1 is 1.18 bits per heavy atom. The first kappa shape index (κ1) is 14.6. The third-order valence-electron chi connectivity index (χ3n) is 4.29. The Labute approximate surface area is 130 Å². The molecule has 0 saturated carbocycles. The number of non-ortho nitro benzene ring substituents is 1. The van der Waals surface area contributed by atoms with Gasteiger partial charge in [0.05, 0.1) is 4.92 Å². The Morgan fingerprint density at radius 3 is 2.55 bits per heavy atom. The normalized spacial score (nSPS) is 13.5. The van der Waals surface area contributed by atoms with Gasteiger partial charge in [0.1, 0.15) is 0 Å². The Kier molecular flexibility index (Phi) is 3.84. The Hall–Kier alpha value is -2.36. The summed E-state index contributed by atoms with van der Waals surface area (Å²) in [6, 6.07) is 13.9. The topological polar surface area (TPSA) is 46.4 Å². The average molecular weight is 296 g/mol. The second kappa shape index (κ2) is 5.79. The molecule has 1 heterocycles. The molecule has 0 aromatic heterocycles. The SMILES string of the molecule is CC(C)c1ccc(CN2CCc3cc([N+](=O)[O-])ccc32)cc1. The third-order valence-corrected chi connectivity index (χ3v) is 4.29. The number of benzene rings is 2. The van der Waals surface area contributed by atoms with E-state index in [-0.39, 0.29) is 10.6 Å². The molecular weight excluding hydrogens is 276 g/mol. The molecule has 0 atom stereocenters. The van der Waals surface area contributed by atoms with Gasteiger partial charge in [0, 0.05) is 30.9 Å². The van der Waals surface area contributed by atoms with Crippen molar-refractivity contribution in [1.29, 1.82) is 0 Å². The van der Waals surface area contributed by atoms with Gasteiger partial charge in [-0.05, 0) is 35.1 Å². The first-order valence-corrected chi connectivity index (χ1v) is 7.65. The quantitative estimate of drug-likeness (QED) is 0.625. The molecule has 2 aromatic carbocycles. The van der Waals surface area contributed by atoms with E-state index in [9.17, 15) is 10.1 Å². The van der Waals surface area contributed by atoms with Gasteiger partial charge >= 0.3 is 0 Å². The van der Waals surface area contributed by atoms with E-state index in [1.54, 1.807) is 12.1 Å². The van der Waals surface area contributed by atoms with Crippen LogP contribution < -0.4 is 4.90 Å². The van der Waals surface area contributed by atoms with Crippen molar-refractivity contribution in [3.63, 3.8) is 0 Å². The minimum Gasteiger partial charge on any atom is -0.367 e. The molecule has 0 bridgehead atoms. The molecule has 3 rings (SSSR count). The standard InChI is InChI=1S/C18H20N2O2/c1-13(2)15-5-3-14(4-6-15)12-19-10-9-16-11-17(20(21)22)7-8-18(16)19/h3-8,11,13H,9-10,12H2,1-2H3. The predicted molar refractivity (Wildman–Crippen MR) is 88.4 cm³/mol. The van der Waals surface area contributed by atoms with Gasteiger partial charge in [0.2, 0.25) is 0 Å². The molecule has 4 nitrogen and oxygen atoms in total. The van der Waals surface area contributed by atoms with Crippen molar-refractivity contribution in [3.8, 4) is 0 Å². The van der Waals surface area contributed by atoms with Gasteiger partial charge in [-0.1, -0.05) is 38.1 Å². The van der Waals surface area contributed by atoms with Crippen molar-refractivity contribution >= 4 is 11.4 Å². The fraction of sp³-hybridized carbons (Fsp3) is 0.333. The van der Waals surface area contributed by atoms with Crippen LogP contribution in [0.2, 0.25) is 0 Å². The van der Waals surface area contributed by atoms with Crippen molar-refractivity contribution in [1.82, 2.24) is 0 Å². The molecule has 1 aliphatic rings. The monoisotopic (exact) mass is 296 g/mol. The summed E-state index contributed by atoms with van der Waals surface area (Å²) in [5.74, 6) is 0.544. The van der Waals surface area contributed by atoms with E-state index in [0.29, 0.717) is 5.92 Å². The number of nitrogens with zero attached hydrogens (tertiary/aromatic N) is 2. The van der Waals surface area contributed by atoms with Crippen LogP contribution in [0.3, 0.4) is 0 Å². The van der Waals surface area contributed by atoms with E-state index in [1.807, 2.05) is 6.07 Å².